The first-order chi connectivity index (χ1) is 16.9. The molecule has 0 spiro atoms. The van der Waals surface area contributed by atoms with Crippen molar-refractivity contribution in [2.45, 2.75) is 38.9 Å². The molecule has 11 nitrogen and oxygen atoms in total. The number of fused-ring (bicyclic) bond motifs is 1. The highest BCUT2D eigenvalue weighted by molar-refractivity contribution is 5.74. The molecular weight excluding hydrogens is 446 g/mol. The number of nitrogens with zero attached hydrogens (tertiary/aromatic N) is 7. The number of piperidine rings is 1. The molecule has 0 aromatic carbocycles. The number of nitrogens with one attached hydrogen (secondary N) is 1. The van der Waals surface area contributed by atoms with Crippen LogP contribution in [0.15, 0.2) is 57.9 Å². The molecule has 4 rings (SSSR count). The summed E-state index contributed by atoms with van der Waals surface area (Å²) in [5.41, 5.74) is 6.22. The van der Waals surface area contributed by atoms with Gasteiger partial charge in [-0.1, -0.05) is 18.2 Å². The Morgan fingerprint density at radius 1 is 1.34 bits per heavy atom. The molecule has 1 aliphatic heterocycles. The van der Waals surface area contributed by atoms with E-state index in [1.807, 2.05) is 29.7 Å². The highest BCUT2D eigenvalue weighted by Crippen LogP contribution is 2.23. The number of hydrogen-bond donors (Lipinski definition) is 2. The van der Waals surface area contributed by atoms with E-state index in [4.69, 9.17) is 10.7 Å². The Balaban J connectivity index is 1.85. The first-order valence-electron chi connectivity index (χ1n) is 11.5. The summed E-state index contributed by atoms with van der Waals surface area (Å²) in [7, 11) is 1.60. The molecule has 3 aromatic rings. The Hall–Kier alpha value is -4.17. The van der Waals surface area contributed by atoms with Crippen LogP contribution in [0.1, 0.15) is 19.8 Å². The van der Waals surface area contributed by atoms with Crippen LogP contribution in [0.25, 0.3) is 11.2 Å². The van der Waals surface area contributed by atoms with Gasteiger partial charge in [-0.15, -0.1) is 0 Å². The van der Waals surface area contributed by atoms with Crippen molar-refractivity contribution in [3.8, 4) is 6.07 Å². The number of nitrogens with two attached hydrogens (primary N) is 1. The molecule has 0 saturated carbocycles. The van der Waals surface area contributed by atoms with Gasteiger partial charge in [-0.2, -0.15) is 10.2 Å². The molecule has 3 aromatic heterocycles. The number of rotatable bonds is 7. The zero-order chi connectivity index (χ0) is 24.9. The van der Waals surface area contributed by atoms with E-state index < -0.39 is 11.2 Å². The molecule has 0 amide bonds. The number of hydrogen-bond acceptors (Lipinski definition) is 8. The number of allylic oxidation sites excluding steroid dienone is 4. The van der Waals surface area contributed by atoms with Gasteiger partial charge in [-0.3, -0.25) is 13.9 Å². The standard InChI is InChI=1S/C24H29N9O2/c1-3-4-14-32-20-21(29-23(32)31-13-7-8-17(26)15-31)30(2)24(35)33(22(20)34)16-18(10-11-25)28-19-9-5-6-12-27-19/h3-6,9-10,12,17H,7-8,13-16,26H2,1-2H3,(H,27,28)/b4-3+,18-10-. The molecule has 0 radical (unpaired) electrons. The Kier molecular flexibility index (Phi) is 7.12. The molecule has 3 N–H and O–H groups in total. The van der Waals surface area contributed by atoms with Crippen LogP contribution in [0.2, 0.25) is 0 Å². The second-order valence-electron chi connectivity index (χ2n) is 8.48. The number of nitriles is 1. The van der Waals surface area contributed by atoms with Gasteiger partial charge >= 0.3 is 5.69 Å². The van der Waals surface area contributed by atoms with Crippen molar-refractivity contribution in [2.24, 2.45) is 12.8 Å². The van der Waals surface area contributed by atoms with Gasteiger partial charge in [-0.05, 0) is 31.9 Å². The average molecular weight is 476 g/mol. The smallest absolute Gasteiger partial charge is 0.332 e. The molecule has 0 bridgehead atoms. The van der Waals surface area contributed by atoms with Crippen LogP contribution in [0, 0.1) is 11.3 Å². The van der Waals surface area contributed by atoms with Gasteiger partial charge in [0.05, 0.1) is 12.6 Å². The Labute approximate surface area is 202 Å². The van der Waals surface area contributed by atoms with Crippen molar-refractivity contribution in [3.05, 3.63) is 69.2 Å². The molecule has 35 heavy (non-hydrogen) atoms. The average Bonchev–Trinajstić information content (AvgIpc) is 3.24. The minimum absolute atomic E-state index is 0.0237. The third-order valence-electron chi connectivity index (χ3n) is 6.00. The highest BCUT2D eigenvalue weighted by Gasteiger charge is 2.26. The van der Waals surface area contributed by atoms with E-state index in [-0.39, 0.29) is 12.6 Å². The number of imidazole rings is 1. The summed E-state index contributed by atoms with van der Waals surface area (Å²) in [6, 6.07) is 7.29. The largest absolute Gasteiger partial charge is 0.342 e. The van der Waals surface area contributed by atoms with Crippen molar-refractivity contribution in [3.63, 3.8) is 0 Å². The number of aryl methyl sites for hydroxylation is 1. The summed E-state index contributed by atoms with van der Waals surface area (Å²) in [5, 5.41) is 12.3. The van der Waals surface area contributed by atoms with Gasteiger partial charge in [0.1, 0.15) is 5.82 Å². The molecule has 1 unspecified atom stereocenters. The fourth-order valence-electron chi connectivity index (χ4n) is 4.29. The van der Waals surface area contributed by atoms with Crippen molar-refractivity contribution in [1.82, 2.24) is 23.7 Å². The van der Waals surface area contributed by atoms with Gasteiger partial charge in [0.15, 0.2) is 11.2 Å². The SMILES string of the molecule is C/C=C/Cn1c(N2CCCC(N)C2)nc2c1c(=O)n(C/C(=C/C#N)Nc1ccccn1)c(=O)n2C. The van der Waals surface area contributed by atoms with Gasteiger partial charge < -0.3 is 20.5 Å². The lowest BCUT2D eigenvalue weighted by molar-refractivity contribution is 0.495. The normalized spacial score (nSPS) is 16.7. The topological polar surface area (TPSA) is 140 Å². The van der Waals surface area contributed by atoms with E-state index in [0.717, 1.165) is 24.0 Å². The number of pyridine rings is 1. The van der Waals surface area contributed by atoms with Crippen LogP contribution in [0.4, 0.5) is 11.8 Å². The predicted octanol–water partition coefficient (Wildman–Crippen LogP) is 1.31. The number of anilines is 2. The van der Waals surface area contributed by atoms with Gasteiger partial charge in [0.2, 0.25) is 5.95 Å². The summed E-state index contributed by atoms with van der Waals surface area (Å²) >= 11 is 0. The predicted molar refractivity (Wildman–Crippen MR) is 135 cm³/mol. The fourth-order valence-corrected chi connectivity index (χ4v) is 4.29. The van der Waals surface area contributed by atoms with E-state index in [9.17, 15) is 14.9 Å². The summed E-state index contributed by atoms with van der Waals surface area (Å²) in [4.78, 5) is 37.9. The van der Waals surface area contributed by atoms with Crippen LogP contribution < -0.4 is 27.2 Å². The van der Waals surface area contributed by atoms with Crippen LogP contribution in [-0.2, 0) is 20.1 Å². The maximum Gasteiger partial charge on any atom is 0.332 e. The van der Waals surface area contributed by atoms with Gasteiger partial charge in [0, 0.05) is 50.7 Å². The van der Waals surface area contributed by atoms with E-state index in [1.54, 1.807) is 31.4 Å². The quantitative estimate of drug-likeness (QED) is 0.385. The molecule has 1 atom stereocenters. The minimum Gasteiger partial charge on any atom is -0.342 e. The maximum absolute atomic E-state index is 13.7. The monoisotopic (exact) mass is 475 g/mol. The lowest BCUT2D eigenvalue weighted by Gasteiger charge is -2.31. The summed E-state index contributed by atoms with van der Waals surface area (Å²) < 4.78 is 4.33. The highest BCUT2D eigenvalue weighted by atomic mass is 16.2. The second kappa shape index (κ2) is 10.4. The lowest BCUT2D eigenvalue weighted by atomic mass is 10.1. The van der Waals surface area contributed by atoms with Crippen LogP contribution in [-0.4, -0.2) is 42.8 Å². The maximum atomic E-state index is 13.7. The number of aromatic nitrogens is 5. The minimum atomic E-state index is -0.522. The second-order valence-corrected chi connectivity index (χ2v) is 8.48. The third-order valence-corrected chi connectivity index (χ3v) is 6.00. The summed E-state index contributed by atoms with van der Waals surface area (Å²) in [6.45, 7) is 3.62. The van der Waals surface area contributed by atoms with Crippen LogP contribution >= 0.6 is 0 Å². The zero-order valence-corrected chi connectivity index (χ0v) is 19.9. The molecule has 1 fully saturated rings. The molecule has 182 valence electrons. The van der Waals surface area contributed by atoms with Gasteiger partial charge in [0.25, 0.3) is 5.56 Å². The Bertz CT molecular complexity index is 1420. The van der Waals surface area contributed by atoms with Crippen molar-refractivity contribution in [1.29, 1.82) is 5.26 Å². The van der Waals surface area contributed by atoms with E-state index in [0.29, 0.717) is 41.7 Å². The first kappa shape index (κ1) is 24.0. The molecule has 1 saturated heterocycles. The Morgan fingerprint density at radius 3 is 2.86 bits per heavy atom. The van der Waals surface area contributed by atoms with E-state index in [1.165, 1.54) is 10.6 Å². The fraction of sp³-hybridized carbons (Fsp3) is 0.375. The zero-order valence-electron chi connectivity index (χ0n) is 19.9. The molecule has 1 aliphatic rings. The van der Waals surface area contributed by atoms with Crippen molar-refractivity contribution >= 4 is 22.9 Å². The lowest BCUT2D eigenvalue weighted by Crippen LogP contribution is -2.44. The van der Waals surface area contributed by atoms with Crippen LogP contribution in [0.3, 0.4) is 0 Å². The van der Waals surface area contributed by atoms with Crippen molar-refractivity contribution in [2.75, 3.05) is 23.3 Å². The molecule has 11 heteroatoms. The summed E-state index contributed by atoms with van der Waals surface area (Å²) in [6.07, 6.45) is 8.59. The first-order valence-corrected chi connectivity index (χ1v) is 11.5. The van der Waals surface area contributed by atoms with E-state index >= 15 is 0 Å². The molecular formula is C24H29N9O2. The van der Waals surface area contributed by atoms with Gasteiger partial charge in [-0.25, -0.2) is 9.78 Å². The third kappa shape index (κ3) is 4.88. The molecule has 0 aliphatic carbocycles. The Morgan fingerprint density at radius 2 is 2.17 bits per heavy atom. The van der Waals surface area contributed by atoms with Crippen molar-refractivity contribution < 1.29 is 0 Å². The van der Waals surface area contributed by atoms with E-state index in [2.05, 4.69) is 15.2 Å². The molecule has 4 heterocycles. The van der Waals surface area contributed by atoms with Crippen LogP contribution in [0.5, 0.6) is 0 Å². The summed E-state index contributed by atoms with van der Waals surface area (Å²) in [5.74, 6) is 1.12.